The van der Waals surface area contributed by atoms with Crippen LogP contribution in [0.4, 0.5) is 24.5 Å². The predicted molar refractivity (Wildman–Crippen MR) is 209 cm³/mol. The Bertz CT molecular complexity index is 2500. The van der Waals surface area contributed by atoms with Gasteiger partial charge in [0.2, 0.25) is 5.88 Å². The molecule has 55 heavy (non-hydrogen) atoms. The zero-order valence-electron chi connectivity index (χ0n) is 31.6. The molecular weight excluding hydrogens is 750 g/mol. The van der Waals surface area contributed by atoms with Crippen LogP contribution in [0.2, 0.25) is 25.7 Å². The fourth-order valence-electron chi connectivity index (χ4n) is 6.61. The minimum atomic E-state index is -4.59. The van der Waals surface area contributed by atoms with Gasteiger partial charge in [-0.2, -0.15) is 0 Å². The molecule has 1 aliphatic rings. The summed E-state index contributed by atoms with van der Waals surface area (Å²) in [6.45, 7) is 11.6. The van der Waals surface area contributed by atoms with E-state index in [1.54, 1.807) is 22.9 Å². The van der Waals surface area contributed by atoms with Crippen LogP contribution in [-0.2, 0) is 21.5 Å². The smallest absolute Gasteiger partial charge is 0.269 e. The van der Waals surface area contributed by atoms with Gasteiger partial charge in [-0.1, -0.05) is 25.7 Å². The van der Waals surface area contributed by atoms with Gasteiger partial charge >= 0.3 is 0 Å². The molecule has 4 aromatic heterocycles. The highest BCUT2D eigenvalue weighted by Crippen LogP contribution is 2.37. The molecule has 17 heteroatoms. The van der Waals surface area contributed by atoms with Crippen LogP contribution in [0.1, 0.15) is 0 Å². The Balaban J connectivity index is 1.26. The minimum Gasteiger partial charge on any atom is -0.480 e. The van der Waals surface area contributed by atoms with Crippen LogP contribution in [0.5, 0.6) is 5.88 Å². The molecule has 0 radical (unpaired) electrons. The van der Waals surface area contributed by atoms with Crippen LogP contribution in [-0.4, -0.2) is 99.3 Å². The number of benzene rings is 2. The molecule has 0 amide bonds. The van der Waals surface area contributed by atoms with E-state index in [4.69, 9.17) is 19.4 Å². The van der Waals surface area contributed by atoms with Crippen LogP contribution in [0.3, 0.4) is 0 Å². The van der Waals surface area contributed by atoms with Gasteiger partial charge in [-0.05, 0) is 49.5 Å². The van der Waals surface area contributed by atoms with Crippen LogP contribution < -0.4 is 13.9 Å². The van der Waals surface area contributed by atoms with E-state index in [9.17, 15) is 12.8 Å². The second-order valence-electron chi connectivity index (χ2n) is 14.9. The highest BCUT2D eigenvalue weighted by Gasteiger charge is 2.31. The summed E-state index contributed by atoms with van der Waals surface area (Å²) in [5, 5.41) is 0. The lowest BCUT2D eigenvalue weighted by atomic mass is 10.0. The molecule has 0 atom stereocenters. The zero-order chi connectivity index (χ0) is 39.2. The summed E-state index contributed by atoms with van der Waals surface area (Å²) >= 11 is 0. The number of hydrogen-bond donors (Lipinski definition) is 0. The van der Waals surface area contributed by atoms with Crippen LogP contribution in [0, 0.1) is 17.5 Å². The predicted octanol–water partition coefficient (Wildman–Crippen LogP) is 6.73. The molecule has 0 unspecified atom stereocenters. The summed E-state index contributed by atoms with van der Waals surface area (Å²) in [7, 11) is -1.54. The molecule has 12 nitrogen and oxygen atoms in total. The van der Waals surface area contributed by atoms with E-state index in [0.29, 0.717) is 27.9 Å². The van der Waals surface area contributed by atoms with Gasteiger partial charge in [-0.25, -0.2) is 36.5 Å². The number of sulfonamides is 1. The maximum Gasteiger partial charge on any atom is 0.269 e. The van der Waals surface area contributed by atoms with E-state index in [1.165, 1.54) is 13.3 Å². The standard InChI is InChI=1S/C38H43F3N8O4SSi/c1-45-13-15-47(16-14-45)27-8-10-29-32(20-27)49(24-53-17-18-55(4,5)6)37(44-29)36-31-11-7-25(22-48(31)23-43-36)34-28(40)9-12-30(35(34)41)46(2)54(50,51)33-19-26(39)21-42-38(33)52-3/h7-12,19-23H,13-18,24H2,1-6H3. The molecule has 0 aliphatic carbocycles. The maximum atomic E-state index is 16.3. The first-order valence-electron chi connectivity index (χ1n) is 17.8. The Kier molecular flexibility index (Phi) is 10.4. The first-order chi connectivity index (χ1) is 26.2. The molecular formula is C38H43F3N8O4SSi. The molecule has 0 N–H and O–H groups in total. The summed E-state index contributed by atoms with van der Waals surface area (Å²) < 4.78 is 88.5. The quantitative estimate of drug-likeness (QED) is 0.0985. The van der Waals surface area contributed by atoms with Gasteiger partial charge in [0.05, 0.1) is 41.1 Å². The van der Waals surface area contributed by atoms with Gasteiger partial charge in [-0.3, -0.25) is 8.87 Å². The average molecular weight is 793 g/mol. The molecule has 5 heterocycles. The maximum absolute atomic E-state index is 16.3. The number of imidazole rings is 2. The molecule has 2 aromatic carbocycles. The molecule has 0 bridgehead atoms. The van der Waals surface area contributed by atoms with E-state index in [2.05, 4.69) is 53.6 Å². The Hall–Kier alpha value is -4.97. The number of nitrogens with zero attached hydrogens (tertiary/aromatic N) is 8. The second-order valence-corrected chi connectivity index (χ2v) is 22.4. The monoisotopic (exact) mass is 792 g/mol. The lowest BCUT2D eigenvalue weighted by Gasteiger charge is -2.34. The lowest BCUT2D eigenvalue weighted by molar-refractivity contribution is 0.0909. The topological polar surface area (TPSA) is 110 Å². The fourth-order valence-corrected chi connectivity index (χ4v) is 8.68. The highest BCUT2D eigenvalue weighted by molar-refractivity contribution is 7.92. The summed E-state index contributed by atoms with van der Waals surface area (Å²) in [4.78, 5) is 17.5. The fraction of sp³-hybridized carbons (Fsp3) is 0.342. The number of methoxy groups -OCH3 is 1. The third kappa shape index (κ3) is 7.53. The van der Waals surface area contributed by atoms with E-state index < -0.39 is 51.7 Å². The SMILES string of the molecule is COc1ncc(F)cc1S(=O)(=O)N(C)c1ccc(F)c(-c2ccc3c(-c4nc5ccc(N6CCN(C)CC6)cc5n4COCC[Si](C)(C)C)ncn3c2)c1F. The Labute approximate surface area is 318 Å². The number of aromatic nitrogens is 5. The van der Waals surface area contributed by atoms with E-state index in [0.717, 1.165) is 80.4 Å². The first-order valence-corrected chi connectivity index (χ1v) is 23.0. The van der Waals surface area contributed by atoms with Crippen molar-refractivity contribution in [1.82, 2.24) is 28.8 Å². The zero-order valence-corrected chi connectivity index (χ0v) is 33.4. The van der Waals surface area contributed by atoms with Crippen molar-refractivity contribution in [3.8, 4) is 28.5 Å². The average Bonchev–Trinajstić information content (AvgIpc) is 3.73. The summed E-state index contributed by atoms with van der Waals surface area (Å²) in [6.07, 6.45) is 3.86. The molecule has 7 rings (SSSR count). The van der Waals surface area contributed by atoms with E-state index in [-0.39, 0.29) is 18.2 Å². The number of pyridine rings is 2. The number of fused-ring (bicyclic) bond motifs is 2. The summed E-state index contributed by atoms with van der Waals surface area (Å²) in [5.74, 6) is -2.77. The number of rotatable bonds is 12. The lowest BCUT2D eigenvalue weighted by Crippen LogP contribution is -2.44. The molecule has 0 spiro atoms. The van der Waals surface area contributed by atoms with Gasteiger partial charge in [0.1, 0.15) is 30.4 Å². The van der Waals surface area contributed by atoms with Gasteiger partial charge < -0.3 is 23.7 Å². The molecule has 1 fully saturated rings. The second kappa shape index (κ2) is 14.9. The largest absolute Gasteiger partial charge is 0.480 e. The summed E-state index contributed by atoms with van der Waals surface area (Å²) in [5.41, 5.74) is 3.18. The minimum absolute atomic E-state index is 0.129. The van der Waals surface area contributed by atoms with Gasteiger partial charge in [-0.15, -0.1) is 0 Å². The molecule has 1 saturated heterocycles. The van der Waals surface area contributed by atoms with Crippen molar-refractivity contribution in [3.05, 3.63) is 84.7 Å². The number of piperazine rings is 1. The number of ether oxygens (including phenoxy) is 2. The third-order valence-corrected chi connectivity index (χ3v) is 13.3. The van der Waals surface area contributed by atoms with Crippen molar-refractivity contribution in [1.29, 1.82) is 0 Å². The Morgan fingerprint density at radius 1 is 0.945 bits per heavy atom. The number of likely N-dealkylation sites (N-methyl/N-ethyl adjacent to an activating group) is 1. The van der Waals surface area contributed by atoms with Crippen molar-refractivity contribution in [2.75, 3.05) is 63.2 Å². The highest BCUT2D eigenvalue weighted by atomic mass is 32.2. The molecule has 290 valence electrons. The molecule has 0 saturated carbocycles. The molecule has 1 aliphatic heterocycles. The van der Waals surface area contributed by atoms with Gasteiger partial charge in [0.15, 0.2) is 16.5 Å². The van der Waals surface area contributed by atoms with E-state index >= 15 is 8.78 Å². The van der Waals surface area contributed by atoms with Crippen molar-refractivity contribution >= 4 is 46.0 Å². The van der Waals surface area contributed by atoms with Gasteiger partial charge in [0, 0.05) is 71.4 Å². The van der Waals surface area contributed by atoms with Gasteiger partial charge in [0.25, 0.3) is 10.0 Å². The third-order valence-electron chi connectivity index (χ3n) is 9.88. The molecule has 6 aromatic rings. The van der Waals surface area contributed by atoms with Crippen molar-refractivity contribution in [3.63, 3.8) is 0 Å². The van der Waals surface area contributed by atoms with Crippen LogP contribution in [0.15, 0.2) is 72.1 Å². The van der Waals surface area contributed by atoms with E-state index in [1.807, 2.05) is 10.6 Å². The van der Waals surface area contributed by atoms with Crippen molar-refractivity contribution in [2.24, 2.45) is 0 Å². The van der Waals surface area contributed by atoms with Crippen molar-refractivity contribution in [2.45, 2.75) is 37.3 Å². The number of halogens is 3. The Morgan fingerprint density at radius 3 is 2.44 bits per heavy atom. The number of anilines is 2. The summed E-state index contributed by atoms with van der Waals surface area (Å²) in [6, 6.07) is 13.2. The normalized spacial score (nSPS) is 14.3. The van der Waals surface area contributed by atoms with Crippen LogP contribution >= 0.6 is 0 Å². The first kappa shape index (κ1) is 38.3. The van der Waals surface area contributed by atoms with Crippen LogP contribution in [0.25, 0.3) is 39.2 Å². The van der Waals surface area contributed by atoms with Crippen molar-refractivity contribution < 1.29 is 31.1 Å². The number of hydrogen-bond acceptors (Lipinski definition) is 9. The Morgan fingerprint density at radius 2 is 1.71 bits per heavy atom.